The molecule has 23 heavy (non-hydrogen) atoms. The SMILES string of the molecule is CCOC(=O)c1cc(-c2ccnn2CC)n(CC2CCCO2)n1. The lowest BCUT2D eigenvalue weighted by Crippen LogP contribution is -2.18. The molecule has 1 unspecified atom stereocenters. The van der Waals surface area contributed by atoms with Crippen molar-refractivity contribution in [1.82, 2.24) is 19.6 Å². The first-order chi connectivity index (χ1) is 11.2. The number of hydrogen-bond acceptors (Lipinski definition) is 5. The summed E-state index contributed by atoms with van der Waals surface area (Å²) in [6.45, 7) is 6.32. The number of esters is 1. The average molecular weight is 318 g/mol. The van der Waals surface area contributed by atoms with E-state index in [-0.39, 0.29) is 6.10 Å². The van der Waals surface area contributed by atoms with Crippen LogP contribution in [0, 0.1) is 0 Å². The molecular formula is C16H22N4O3. The van der Waals surface area contributed by atoms with Crippen LogP contribution in [0.25, 0.3) is 11.4 Å². The fraction of sp³-hybridized carbons (Fsp3) is 0.562. The zero-order valence-corrected chi connectivity index (χ0v) is 13.6. The lowest BCUT2D eigenvalue weighted by molar-refractivity contribution is 0.0516. The molecule has 0 bridgehead atoms. The molecule has 1 aliphatic heterocycles. The molecular weight excluding hydrogens is 296 g/mol. The Kier molecular flexibility index (Phi) is 4.76. The number of hydrogen-bond donors (Lipinski definition) is 0. The maximum Gasteiger partial charge on any atom is 0.358 e. The van der Waals surface area contributed by atoms with Crippen LogP contribution in [-0.2, 0) is 22.6 Å². The second kappa shape index (κ2) is 6.95. The fourth-order valence-corrected chi connectivity index (χ4v) is 2.85. The highest BCUT2D eigenvalue weighted by Gasteiger charge is 2.22. The van der Waals surface area contributed by atoms with Crippen molar-refractivity contribution in [1.29, 1.82) is 0 Å². The van der Waals surface area contributed by atoms with Crippen LogP contribution >= 0.6 is 0 Å². The number of carbonyl (C=O) groups is 1. The molecule has 7 nitrogen and oxygen atoms in total. The van der Waals surface area contributed by atoms with Crippen molar-refractivity contribution >= 4 is 5.97 Å². The van der Waals surface area contributed by atoms with Crippen LogP contribution in [0.5, 0.6) is 0 Å². The van der Waals surface area contributed by atoms with Gasteiger partial charge in [-0.15, -0.1) is 0 Å². The number of carbonyl (C=O) groups excluding carboxylic acids is 1. The second-order valence-corrected chi connectivity index (χ2v) is 5.48. The summed E-state index contributed by atoms with van der Waals surface area (Å²) in [7, 11) is 0. The Bertz CT molecular complexity index is 671. The van der Waals surface area contributed by atoms with Gasteiger partial charge >= 0.3 is 5.97 Å². The van der Waals surface area contributed by atoms with E-state index in [0.29, 0.717) is 18.8 Å². The number of aromatic nitrogens is 4. The van der Waals surface area contributed by atoms with E-state index in [1.54, 1.807) is 19.2 Å². The van der Waals surface area contributed by atoms with Gasteiger partial charge in [0, 0.05) is 25.4 Å². The molecule has 7 heteroatoms. The van der Waals surface area contributed by atoms with Crippen LogP contribution in [0.15, 0.2) is 18.3 Å². The first-order valence-corrected chi connectivity index (χ1v) is 8.11. The van der Waals surface area contributed by atoms with Crippen molar-refractivity contribution in [3.8, 4) is 11.4 Å². The molecule has 0 spiro atoms. The summed E-state index contributed by atoms with van der Waals surface area (Å²) in [5.41, 5.74) is 2.13. The molecule has 124 valence electrons. The lowest BCUT2D eigenvalue weighted by Gasteiger charge is -2.13. The van der Waals surface area contributed by atoms with E-state index in [0.717, 1.165) is 37.4 Å². The molecule has 0 amide bonds. The van der Waals surface area contributed by atoms with E-state index in [4.69, 9.17) is 9.47 Å². The largest absolute Gasteiger partial charge is 0.461 e. The van der Waals surface area contributed by atoms with Crippen LogP contribution in [0.4, 0.5) is 0 Å². The first kappa shape index (κ1) is 15.7. The molecule has 1 atom stereocenters. The Labute approximate surface area is 135 Å². The predicted molar refractivity (Wildman–Crippen MR) is 84.1 cm³/mol. The number of ether oxygens (including phenoxy) is 2. The van der Waals surface area contributed by atoms with E-state index < -0.39 is 5.97 Å². The molecule has 1 aliphatic rings. The number of nitrogens with zero attached hydrogens (tertiary/aromatic N) is 4. The van der Waals surface area contributed by atoms with Gasteiger partial charge in [0.2, 0.25) is 0 Å². The van der Waals surface area contributed by atoms with Gasteiger partial charge in [-0.1, -0.05) is 0 Å². The van der Waals surface area contributed by atoms with Gasteiger partial charge in [0.25, 0.3) is 0 Å². The van der Waals surface area contributed by atoms with Crippen molar-refractivity contribution in [2.24, 2.45) is 0 Å². The lowest BCUT2D eigenvalue weighted by atomic mass is 10.2. The number of rotatable bonds is 6. The molecule has 1 saturated heterocycles. The average Bonchev–Trinajstić information content (AvgIpc) is 3.27. The molecule has 3 heterocycles. The van der Waals surface area contributed by atoms with Crippen LogP contribution < -0.4 is 0 Å². The third-order valence-corrected chi connectivity index (χ3v) is 3.94. The molecule has 2 aromatic rings. The quantitative estimate of drug-likeness (QED) is 0.763. The third-order valence-electron chi connectivity index (χ3n) is 3.94. The van der Waals surface area contributed by atoms with E-state index in [2.05, 4.69) is 10.2 Å². The Morgan fingerprint density at radius 3 is 2.96 bits per heavy atom. The summed E-state index contributed by atoms with van der Waals surface area (Å²) in [5, 5.41) is 8.75. The topological polar surface area (TPSA) is 71.2 Å². The summed E-state index contributed by atoms with van der Waals surface area (Å²) in [6, 6.07) is 3.71. The Balaban J connectivity index is 1.95. The summed E-state index contributed by atoms with van der Waals surface area (Å²) in [5.74, 6) is -0.401. The van der Waals surface area contributed by atoms with Crippen LogP contribution in [-0.4, -0.2) is 44.8 Å². The monoisotopic (exact) mass is 318 g/mol. The minimum Gasteiger partial charge on any atom is -0.461 e. The molecule has 2 aromatic heterocycles. The first-order valence-electron chi connectivity index (χ1n) is 8.11. The molecule has 0 aromatic carbocycles. The Morgan fingerprint density at radius 1 is 1.39 bits per heavy atom. The maximum absolute atomic E-state index is 12.0. The van der Waals surface area contributed by atoms with Crippen molar-refractivity contribution in [2.45, 2.75) is 45.9 Å². The van der Waals surface area contributed by atoms with Crippen molar-refractivity contribution in [3.63, 3.8) is 0 Å². The Morgan fingerprint density at radius 2 is 2.26 bits per heavy atom. The number of aryl methyl sites for hydroxylation is 1. The van der Waals surface area contributed by atoms with E-state index in [9.17, 15) is 4.79 Å². The van der Waals surface area contributed by atoms with Gasteiger partial charge in [-0.2, -0.15) is 10.2 Å². The summed E-state index contributed by atoms with van der Waals surface area (Å²) >= 11 is 0. The maximum atomic E-state index is 12.0. The van der Waals surface area contributed by atoms with Gasteiger partial charge in [-0.3, -0.25) is 9.36 Å². The van der Waals surface area contributed by atoms with Crippen LogP contribution in [0.1, 0.15) is 37.2 Å². The van der Waals surface area contributed by atoms with Gasteiger partial charge in [-0.05, 0) is 32.8 Å². The van der Waals surface area contributed by atoms with Gasteiger partial charge < -0.3 is 9.47 Å². The van der Waals surface area contributed by atoms with Crippen molar-refractivity contribution < 1.29 is 14.3 Å². The smallest absolute Gasteiger partial charge is 0.358 e. The highest BCUT2D eigenvalue weighted by atomic mass is 16.5. The molecule has 1 fully saturated rings. The zero-order chi connectivity index (χ0) is 16.2. The zero-order valence-electron chi connectivity index (χ0n) is 13.6. The third kappa shape index (κ3) is 3.29. The summed E-state index contributed by atoms with van der Waals surface area (Å²) in [4.78, 5) is 12.0. The van der Waals surface area contributed by atoms with E-state index in [1.165, 1.54) is 0 Å². The molecule has 0 radical (unpaired) electrons. The van der Waals surface area contributed by atoms with Crippen LogP contribution in [0.3, 0.4) is 0 Å². The molecule has 3 rings (SSSR count). The summed E-state index contributed by atoms with van der Waals surface area (Å²) < 4.78 is 14.5. The van der Waals surface area contributed by atoms with Gasteiger partial charge in [0.15, 0.2) is 5.69 Å². The normalized spacial score (nSPS) is 17.6. The van der Waals surface area contributed by atoms with E-state index in [1.807, 2.05) is 22.4 Å². The summed E-state index contributed by atoms with van der Waals surface area (Å²) in [6.07, 6.45) is 3.98. The molecule has 0 N–H and O–H groups in total. The Hall–Kier alpha value is -2.15. The minimum absolute atomic E-state index is 0.140. The van der Waals surface area contributed by atoms with Crippen LogP contribution in [0.2, 0.25) is 0 Å². The predicted octanol–water partition coefficient (Wildman–Crippen LogP) is 2.12. The standard InChI is InChI=1S/C16H22N4O3/c1-3-19-14(7-8-17-19)15-10-13(16(21)22-4-2)18-20(15)11-12-6-5-9-23-12/h7-8,10,12H,3-6,9,11H2,1-2H3. The van der Waals surface area contributed by atoms with Gasteiger partial charge in [0.05, 0.1) is 30.6 Å². The highest BCUT2D eigenvalue weighted by Crippen LogP contribution is 2.23. The van der Waals surface area contributed by atoms with Gasteiger partial charge in [0.1, 0.15) is 0 Å². The van der Waals surface area contributed by atoms with Crippen molar-refractivity contribution in [3.05, 3.63) is 24.0 Å². The molecule has 0 aliphatic carbocycles. The fourth-order valence-electron chi connectivity index (χ4n) is 2.85. The second-order valence-electron chi connectivity index (χ2n) is 5.48. The van der Waals surface area contributed by atoms with Crippen molar-refractivity contribution in [2.75, 3.05) is 13.2 Å². The van der Waals surface area contributed by atoms with E-state index >= 15 is 0 Å². The minimum atomic E-state index is -0.401. The highest BCUT2D eigenvalue weighted by molar-refractivity contribution is 5.88. The molecule has 0 saturated carbocycles. The van der Waals surface area contributed by atoms with Gasteiger partial charge in [-0.25, -0.2) is 4.79 Å².